The van der Waals surface area contributed by atoms with Gasteiger partial charge < -0.3 is 4.90 Å². The molecule has 0 spiro atoms. The molecule has 0 amide bonds. The Bertz CT molecular complexity index is 686. The average Bonchev–Trinajstić information content (AvgIpc) is 2.48. The van der Waals surface area contributed by atoms with Crippen molar-refractivity contribution in [3.8, 4) is 0 Å². The van der Waals surface area contributed by atoms with Crippen LogP contribution >= 0.6 is 0 Å². The number of nitrogens with zero attached hydrogens (tertiary/aromatic N) is 1. The van der Waals surface area contributed by atoms with Gasteiger partial charge in [0.1, 0.15) is 0 Å². The fourth-order valence-electron chi connectivity index (χ4n) is 3.32. The van der Waals surface area contributed by atoms with Crippen LogP contribution in [0, 0.1) is 55.4 Å². The van der Waals surface area contributed by atoms with E-state index in [2.05, 4.69) is 79.5 Å². The molecule has 0 aliphatic heterocycles. The second-order valence-electron chi connectivity index (χ2n) is 6.74. The SMILES string of the molecule is Cc1cc(N(C)c2c(C)c(C)c(C)c(C)c2C)cc(C)c1C. The van der Waals surface area contributed by atoms with Crippen LogP contribution in [0.3, 0.4) is 0 Å². The fraction of sp³-hybridized carbons (Fsp3) is 0.429. The van der Waals surface area contributed by atoms with E-state index in [1.54, 1.807) is 0 Å². The van der Waals surface area contributed by atoms with Gasteiger partial charge in [-0.05, 0) is 112 Å². The van der Waals surface area contributed by atoms with Crippen LogP contribution in [0.5, 0.6) is 0 Å². The molecule has 0 saturated heterocycles. The summed E-state index contributed by atoms with van der Waals surface area (Å²) in [5.41, 5.74) is 13.7. The smallest absolute Gasteiger partial charge is 0.0473 e. The molecule has 2 rings (SSSR count). The number of anilines is 2. The summed E-state index contributed by atoms with van der Waals surface area (Å²) < 4.78 is 0. The van der Waals surface area contributed by atoms with Gasteiger partial charge in [-0.3, -0.25) is 0 Å². The van der Waals surface area contributed by atoms with Crippen LogP contribution < -0.4 is 4.90 Å². The summed E-state index contributed by atoms with van der Waals surface area (Å²) in [7, 11) is 2.19. The number of hydrogen-bond donors (Lipinski definition) is 0. The van der Waals surface area contributed by atoms with Gasteiger partial charge in [-0.1, -0.05) is 0 Å². The summed E-state index contributed by atoms with van der Waals surface area (Å²) in [5, 5.41) is 0. The molecule has 0 aromatic heterocycles. The van der Waals surface area contributed by atoms with E-state index in [-0.39, 0.29) is 0 Å². The van der Waals surface area contributed by atoms with Gasteiger partial charge in [0.2, 0.25) is 0 Å². The molecule has 0 aliphatic carbocycles. The Morgan fingerprint density at radius 2 is 0.909 bits per heavy atom. The first-order valence-electron chi connectivity index (χ1n) is 8.05. The van der Waals surface area contributed by atoms with Gasteiger partial charge in [0.25, 0.3) is 0 Å². The average molecular weight is 295 g/mol. The van der Waals surface area contributed by atoms with Crippen LogP contribution in [0.15, 0.2) is 12.1 Å². The van der Waals surface area contributed by atoms with Crippen molar-refractivity contribution in [3.05, 3.63) is 56.6 Å². The molecule has 1 heteroatoms. The van der Waals surface area contributed by atoms with E-state index < -0.39 is 0 Å². The molecular formula is C21H29N. The Hall–Kier alpha value is -1.76. The molecular weight excluding hydrogens is 266 g/mol. The van der Waals surface area contributed by atoms with Crippen LogP contribution in [0.4, 0.5) is 11.4 Å². The molecule has 2 aromatic rings. The highest BCUT2D eigenvalue weighted by Crippen LogP contribution is 2.36. The van der Waals surface area contributed by atoms with Gasteiger partial charge in [-0.2, -0.15) is 0 Å². The number of benzene rings is 2. The quantitative estimate of drug-likeness (QED) is 0.664. The maximum atomic E-state index is 2.35. The van der Waals surface area contributed by atoms with E-state index in [9.17, 15) is 0 Å². The van der Waals surface area contributed by atoms with Gasteiger partial charge >= 0.3 is 0 Å². The van der Waals surface area contributed by atoms with E-state index >= 15 is 0 Å². The third-order valence-electron chi connectivity index (χ3n) is 5.59. The molecule has 118 valence electrons. The summed E-state index contributed by atoms with van der Waals surface area (Å²) >= 11 is 0. The topological polar surface area (TPSA) is 3.24 Å². The Kier molecular flexibility index (Phi) is 4.37. The Morgan fingerprint density at radius 1 is 0.545 bits per heavy atom. The molecule has 1 nitrogen and oxygen atoms in total. The molecule has 0 saturated carbocycles. The van der Waals surface area contributed by atoms with Gasteiger partial charge in [0.15, 0.2) is 0 Å². The highest BCUT2D eigenvalue weighted by atomic mass is 15.1. The van der Waals surface area contributed by atoms with Crippen molar-refractivity contribution in [2.24, 2.45) is 0 Å². The third-order valence-corrected chi connectivity index (χ3v) is 5.59. The first-order valence-corrected chi connectivity index (χ1v) is 8.05. The maximum absolute atomic E-state index is 2.35. The van der Waals surface area contributed by atoms with E-state index in [0.717, 1.165) is 0 Å². The van der Waals surface area contributed by atoms with Crippen molar-refractivity contribution in [2.45, 2.75) is 55.4 Å². The zero-order valence-corrected chi connectivity index (χ0v) is 15.6. The van der Waals surface area contributed by atoms with Crippen LogP contribution in [-0.4, -0.2) is 7.05 Å². The lowest BCUT2D eigenvalue weighted by Gasteiger charge is -2.28. The number of rotatable bonds is 2. The van der Waals surface area contributed by atoms with Crippen molar-refractivity contribution < 1.29 is 0 Å². The molecule has 0 radical (unpaired) electrons. The summed E-state index contributed by atoms with van der Waals surface area (Å²) in [5.74, 6) is 0. The molecule has 0 heterocycles. The zero-order valence-electron chi connectivity index (χ0n) is 15.6. The van der Waals surface area contributed by atoms with Crippen molar-refractivity contribution in [1.29, 1.82) is 0 Å². The lowest BCUT2D eigenvalue weighted by molar-refractivity contribution is 1.10. The van der Waals surface area contributed by atoms with Gasteiger partial charge in [0.05, 0.1) is 0 Å². The molecule has 0 aliphatic rings. The predicted octanol–water partition coefficient (Wildman–Crippen LogP) is 5.92. The standard InChI is InChI=1S/C21H29N/c1-12-10-20(11-13(2)14(12)3)22(9)21-18(7)16(5)15(4)17(6)19(21)8/h10-11H,1-9H3. The highest BCUT2D eigenvalue weighted by Gasteiger charge is 2.17. The predicted molar refractivity (Wildman–Crippen MR) is 98.8 cm³/mol. The van der Waals surface area contributed by atoms with E-state index in [1.807, 2.05) is 0 Å². The third kappa shape index (κ3) is 2.54. The Labute approximate surface area is 136 Å². The molecule has 2 aromatic carbocycles. The Balaban J connectivity index is 2.67. The number of hydrogen-bond acceptors (Lipinski definition) is 1. The molecule has 0 fully saturated rings. The van der Waals surface area contributed by atoms with Crippen molar-refractivity contribution in [1.82, 2.24) is 0 Å². The summed E-state index contributed by atoms with van der Waals surface area (Å²) in [6, 6.07) is 4.59. The van der Waals surface area contributed by atoms with Crippen LogP contribution in [-0.2, 0) is 0 Å². The van der Waals surface area contributed by atoms with Crippen molar-refractivity contribution >= 4 is 11.4 Å². The first-order chi connectivity index (χ1) is 10.2. The lowest BCUT2D eigenvalue weighted by atomic mass is 9.92. The van der Waals surface area contributed by atoms with Crippen LogP contribution in [0.25, 0.3) is 0 Å². The minimum absolute atomic E-state index is 1.27. The zero-order chi connectivity index (χ0) is 16.8. The molecule has 0 unspecified atom stereocenters. The fourth-order valence-corrected chi connectivity index (χ4v) is 3.32. The van der Waals surface area contributed by atoms with Crippen LogP contribution in [0.2, 0.25) is 0 Å². The summed E-state index contributed by atoms with van der Waals surface area (Å²) in [6.07, 6.45) is 0. The van der Waals surface area contributed by atoms with Crippen molar-refractivity contribution in [3.63, 3.8) is 0 Å². The largest absolute Gasteiger partial charge is 0.344 e. The normalized spacial score (nSPS) is 11.0. The summed E-state index contributed by atoms with van der Waals surface area (Å²) in [6.45, 7) is 17.8. The first kappa shape index (κ1) is 16.6. The van der Waals surface area contributed by atoms with Gasteiger partial charge in [-0.25, -0.2) is 0 Å². The molecule has 0 N–H and O–H groups in total. The maximum Gasteiger partial charge on any atom is 0.0473 e. The molecule has 0 bridgehead atoms. The minimum Gasteiger partial charge on any atom is -0.344 e. The highest BCUT2D eigenvalue weighted by molar-refractivity contribution is 5.73. The van der Waals surface area contributed by atoms with Crippen molar-refractivity contribution in [2.75, 3.05) is 11.9 Å². The van der Waals surface area contributed by atoms with Crippen LogP contribution in [0.1, 0.15) is 44.5 Å². The number of aryl methyl sites for hydroxylation is 2. The van der Waals surface area contributed by atoms with E-state index in [4.69, 9.17) is 0 Å². The Morgan fingerprint density at radius 3 is 1.32 bits per heavy atom. The summed E-state index contributed by atoms with van der Waals surface area (Å²) in [4.78, 5) is 2.35. The van der Waals surface area contributed by atoms with E-state index in [1.165, 1.54) is 55.9 Å². The van der Waals surface area contributed by atoms with Gasteiger partial charge in [0, 0.05) is 18.4 Å². The lowest BCUT2D eigenvalue weighted by Crippen LogP contribution is -2.15. The second-order valence-corrected chi connectivity index (χ2v) is 6.74. The molecule has 0 atom stereocenters. The van der Waals surface area contributed by atoms with E-state index in [0.29, 0.717) is 0 Å². The second kappa shape index (κ2) is 5.79. The van der Waals surface area contributed by atoms with Gasteiger partial charge in [-0.15, -0.1) is 0 Å². The monoisotopic (exact) mass is 295 g/mol. The minimum atomic E-state index is 1.27. The molecule has 22 heavy (non-hydrogen) atoms.